The van der Waals surface area contributed by atoms with Crippen LogP contribution in [0.3, 0.4) is 0 Å². The van der Waals surface area contributed by atoms with Gasteiger partial charge in [-0.15, -0.1) is 11.3 Å². The lowest BCUT2D eigenvalue weighted by Crippen LogP contribution is -2.31. The number of benzene rings is 1. The highest BCUT2D eigenvalue weighted by Gasteiger charge is 2.21. The lowest BCUT2D eigenvalue weighted by molar-refractivity contribution is 0.0928. The van der Waals surface area contributed by atoms with Crippen LogP contribution in [0.25, 0.3) is 10.9 Å². The lowest BCUT2D eigenvalue weighted by Gasteiger charge is -2.21. The van der Waals surface area contributed by atoms with E-state index >= 15 is 0 Å². The fourth-order valence-corrected chi connectivity index (χ4v) is 3.46. The smallest absolute Gasteiger partial charge is 0.253 e. The van der Waals surface area contributed by atoms with Crippen LogP contribution in [0.15, 0.2) is 48.0 Å². The number of aromatic amines is 1. The van der Waals surface area contributed by atoms with Gasteiger partial charge in [0.2, 0.25) is 0 Å². The Morgan fingerprint density at radius 1 is 1.19 bits per heavy atom. The minimum Gasteiger partial charge on any atom is -0.360 e. The van der Waals surface area contributed by atoms with Crippen LogP contribution in [0.4, 0.5) is 0 Å². The van der Waals surface area contributed by atoms with Gasteiger partial charge >= 0.3 is 0 Å². The van der Waals surface area contributed by atoms with Gasteiger partial charge < -0.3 is 10.3 Å². The number of para-hydroxylation sites is 1. The second-order valence-electron chi connectivity index (χ2n) is 5.46. The molecule has 2 aromatic heterocycles. The van der Waals surface area contributed by atoms with E-state index in [9.17, 15) is 4.79 Å². The largest absolute Gasteiger partial charge is 0.360 e. The van der Waals surface area contributed by atoms with Gasteiger partial charge in [-0.05, 0) is 23.4 Å². The minimum atomic E-state index is -0.0282. The maximum atomic E-state index is 12.6. The Morgan fingerprint density at radius 3 is 2.71 bits per heavy atom. The maximum Gasteiger partial charge on any atom is 0.253 e. The van der Waals surface area contributed by atoms with Crippen molar-refractivity contribution in [3.63, 3.8) is 0 Å². The first-order valence-corrected chi connectivity index (χ1v) is 7.95. The van der Waals surface area contributed by atoms with Gasteiger partial charge in [0.25, 0.3) is 5.91 Å². The second-order valence-corrected chi connectivity index (χ2v) is 6.44. The number of fused-ring (bicyclic) bond motifs is 1. The molecule has 0 spiro atoms. The first-order valence-electron chi connectivity index (χ1n) is 7.07. The second kappa shape index (κ2) is 5.74. The summed E-state index contributed by atoms with van der Waals surface area (Å²) >= 11 is 1.68. The van der Waals surface area contributed by atoms with Gasteiger partial charge in [0.05, 0.1) is 11.6 Å². The zero-order valence-corrected chi connectivity index (χ0v) is 12.9. The molecule has 0 fully saturated rings. The number of hydrogen-bond donors (Lipinski definition) is 2. The highest BCUT2D eigenvalue weighted by Crippen LogP contribution is 2.27. The van der Waals surface area contributed by atoms with Gasteiger partial charge in [-0.25, -0.2) is 0 Å². The van der Waals surface area contributed by atoms with E-state index in [0.717, 1.165) is 10.9 Å². The molecule has 1 aromatic carbocycles. The average molecular weight is 298 g/mol. The molecule has 0 aliphatic carbocycles. The van der Waals surface area contributed by atoms with Crippen molar-refractivity contribution in [1.29, 1.82) is 0 Å². The van der Waals surface area contributed by atoms with E-state index < -0.39 is 0 Å². The number of nitrogens with one attached hydrogen (secondary N) is 2. The van der Waals surface area contributed by atoms with Gasteiger partial charge in [-0.3, -0.25) is 4.79 Å². The SMILES string of the molecule is CC(C)C(NC(=O)c1c[nH]c2ccccc12)c1cccs1. The van der Waals surface area contributed by atoms with Crippen molar-refractivity contribution in [3.8, 4) is 0 Å². The molecule has 3 nitrogen and oxygen atoms in total. The molecule has 2 N–H and O–H groups in total. The van der Waals surface area contributed by atoms with Crippen LogP contribution in [0, 0.1) is 5.92 Å². The van der Waals surface area contributed by atoms with E-state index in [1.165, 1.54) is 4.88 Å². The van der Waals surface area contributed by atoms with Crippen molar-refractivity contribution in [2.45, 2.75) is 19.9 Å². The number of carbonyl (C=O) groups is 1. The van der Waals surface area contributed by atoms with E-state index in [1.54, 1.807) is 17.5 Å². The van der Waals surface area contributed by atoms with Crippen molar-refractivity contribution in [1.82, 2.24) is 10.3 Å². The summed E-state index contributed by atoms with van der Waals surface area (Å²) in [7, 11) is 0. The third kappa shape index (κ3) is 2.72. The number of thiophene rings is 1. The van der Waals surface area contributed by atoms with Crippen LogP contribution in [0.1, 0.15) is 35.1 Å². The molecular formula is C17H18N2OS. The van der Waals surface area contributed by atoms with Gasteiger partial charge in [0.15, 0.2) is 0 Å². The Kier molecular flexibility index (Phi) is 3.80. The molecule has 1 atom stereocenters. The lowest BCUT2D eigenvalue weighted by atomic mass is 10.0. The normalized spacial score (nSPS) is 12.7. The highest BCUT2D eigenvalue weighted by atomic mass is 32.1. The first kappa shape index (κ1) is 13.9. The molecule has 1 unspecified atom stereocenters. The molecule has 0 saturated carbocycles. The standard InChI is InChI=1S/C17H18N2OS/c1-11(2)16(15-8-5-9-21-15)19-17(20)13-10-18-14-7-4-3-6-12(13)14/h3-11,16,18H,1-2H3,(H,19,20). The van der Waals surface area contributed by atoms with Crippen LogP contribution >= 0.6 is 11.3 Å². The molecule has 3 rings (SSSR count). The number of carbonyl (C=O) groups excluding carboxylic acids is 1. The Hall–Kier alpha value is -2.07. The van der Waals surface area contributed by atoms with E-state index in [2.05, 4.69) is 30.2 Å². The Bertz CT molecular complexity index is 743. The fourth-order valence-electron chi connectivity index (χ4n) is 2.51. The minimum absolute atomic E-state index is 0.0282. The summed E-state index contributed by atoms with van der Waals surface area (Å²) in [6.07, 6.45) is 1.78. The average Bonchev–Trinajstić information content (AvgIpc) is 3.13. The number of amides is 1. The molecule has 0 saturated heterocycles. The molecule has 0 radical (unpaired) electrons. The summed E-state index contributed by atoms with van der Waals surface area (Å²) in [5.74, 6) is 0.317. The molecule has 0 aliphatic rings. The Morgan fingerprint density at radius 2 is 2.00 bits per heavy atom. The molecule has 108 valence electrons. The van der Waals surface area contributed by atoms with E-state index in [1.807, 2.05) is 35.7 Å². The topological polar surface area (TPSA) is 44.9 Å². The summed E-state index contributed by atoms with van der Waals surface area (Å²) < 4.78 is 0. The quantitative estimate of drug-likeness (QED) is 0.738. The molecule has 2 heterocycles. The zero-order chi connectivity index (χ0) is 14.8. The molecule has 3 aromatic rings. The van der Waals surface area contributed by atoms with E-state index in [0.29, 0.717) is 11.5 Å². The first-order chi connectivity index (χ1) is 10.2. The van der Waals surface area contributed by atoms with E-state index in [4.69, 9.17) is 0 Å². The number of hydrogen-bond acceptors (Lipinski definition) is 2. The predicted molar refractivity (Wildman–Crippen MR) is 87.7 cm³/mol. The number of rotatable bonds is 4. The summed E-state index contributed by atoms with van der Waals surface area (Å²) in [6.45, 7) is 4.25. The summed E-state index contributed by atoms with van der Waals surface area (Å²) in [5.41, 5.74) is 1.69. The van der Waals surface area contributed by atoms with Crippen molar-refractivity contribution in [2.24, 2.45) is 5.92 Å². The third-order valence-electron chi connectivity index (χ3n) is 3.64. The number of aromatic nitrogens is 1. The highest BCUT2D eigenvalue weighted by molar-refractivity contribution is 7.10. The Balaban J connectivity index is 1.88. The van der Waals surface area contributed by atoms with Crippen molar-refractivity contribution in [3.05, 3.63) is 58.4 Å². The monoisotopic (exact) mass is 298 g/mol. The number of H-pyrrole nitrogens is 1. The summed E-state index contributed by atoms with van der Waals surface area (Å²) in [4.78, 5) is 16.9. The van der Waals surface area contributed by atoms with Gasteiger partial charge in [-0.1, -0.05) is 38.1 Å². The molecule has 4 heteroatoms. The Labute approximate surface area is 128 Å². The van der Waals surface area contributed by atoms with Crippen molar-refractivity contribution in [2.75, 3.05) is 0 Å². The van der Waals surface area contributed by atoms with Crippen LogP contribution in [-0.4, -0.2) is 10.9 Å². The molecule has 0 aliphatic heterocycles. The summed E-state index contributed by atoms with van der Waals surface area (Å²) in [6, 6.07) is 12.0. The van der Waals surface area contributed by atoms with Crippen LogP contribution in [0.2, 0.25) is 0 Å². The summed E-state index contributed by atoms with van der Waals surface area (Å²) in [5, 5.41) is 6.17. The van der Waals surface area contributed by atoms with Gasteiger partial charge in [-0.2, -0.15) is 0 Å². The predicted octanol–water partition coefficient (Wildman–Crippen LogP) is 4.36. The molecule has 1 amide bonds. The van der Waals surface area contributed by atoms with Gasteiger partial charge in [0, 0.05) is 22.0 Å². The maximum absolute atomic E-state index is 12.6. The van der Waals surface area contributed by atoms with Crippen LogP contribution in [0.5, 0.6) is 0 Å². The molecule has 21 heavy (non-hydrogen) atoms. The van der Waals surface area contributed by atoms with Crippen molar-refractivity contribution >= 4 is 28.1 Å². The molecular weight excluding hydrogens is 280 g/mol. The third-order valence-corrected chi connectivity index (χ3v) is 4.59. The molecule has 0 bridgehead atoms. The van der Waals surface area contributed by atoms with Gasteiger partial charge in [0.1, 0.15) is 0 Å². The van der Waals surface area contributed by atoms with E-state index in [-0.39, 0.29) is 11.9 Å². The van der Waals surface area contributed by atoms with Crippen LogP contribution in [-0.2, 0) is 0 Å². The van der Waals surface area contributed by atoms with Crippen molar-refractivity contribution < 1.29 is 4.79 Å². The fraction of sp³-hybridized carbons (Fsp3) is 0.235. The zero-order valence-electron chi connectivity index (χ0n) is 12.1. The van der Waals surface area contributed by atoms with Crippen LogP contribution < -0.4 is 5.32 Å².